The molecule has 0 fully saturated rings. The van der Waals surface area contributed by atoms with E-state index >= 15 is 0 Å². The average Bonchev–Trinajstić information content (AvgIpc) is 2.70. The van der Waals surface area contributed by atoms with Gasteiger partial charge in [-0.25, -0.2) is 12.8 Å². The van der Waals surface area contributed by atoms with Crippen molar-refractivity contribution in [1.82, 2.24) is 10.2 Å². The van der Waals surface area contributed by atoms with Gasteiger partial charge in [0, 0.05) is 17.6 Å². The number of amides is 2. The highest BCUT2D eigenvalue weighted by Gasteiger charge is 2.30. The predicted molar refractivity (Wildman–Crippen MR) is 123 cm³/mol. The van der Waals surface area contributed by atoms with Crippen LogP contribution in [-0.2, 0) is 26.2 Å². The van der Waals surface area contributed by atoms with Crippen LogP contribution in [0.3, 0.4) is 0 Å². The highest BCUT2D eigenvalue weighted by Crippen LogP contribution is 2.21. The fourth-order valence-electron chi connectivity index (χ4n) is 3.00. The molecule has 0 aliphatic carbocycles. The summed E-state index contributed by atoms with van der Waals surface area (Å²) in [5, 5.41) is 3.18. The maximum Gasteiger partial charge on any atom is 0.244 e. The van der Waals surface area contributed by atoms with Crippen LogP contribution in [-0.4, -0.2) is 50.0 Å². The lowest BCUT2D eigenvalue weighted by molar-refractivity contribution is -0.139. The van der Waals surface area contributed by atoms with Crippen molar-refractivity contribution in [2.75, 3.05) is 17.1 Å². The predicted octanol–water partition coefficient (Wildman–Crippen LogP) is 3.19. The van der Waals surface area contributed by atoms with Gasteiger partial charge in [-0.2, -0.15) is 0 Å². The summed E-state index contributed by atoms with van der Waals surface area (Å²) in [6.07, 6.45) is 0.994. The summed E-state index contributed by atoms with van der Waals surface area (Å²) in [7, 11) is -3.81. The van der Waals surface area contributed by atoms with Crippen LogP contribution in [0, 0.1) is 5.82 Å². The van der Waals surface area contributed by atoms with E-state index in [1.54, 1.807) is 20.8 Å². The van der Waals surface area contributed by atoms with Crippen molar-refractivity contribution < 1.29 is 22.4 Å². The monoisotopic (exact) mass is 483 g/mol. The summed E-state index contributed by atoms with van der Waals surface area (Å²) in [5.41, 5.74) is 0.868. The molecule has 0 aliphatic rings. The van der Waals surface area contributed by atoms with Crippen LogP contribution in [0.1, 0.15) is 26.3 Å². The summed E-state index contributed by atoms with van der Waals surface area (Å²) < 4.78 is 39.1. The van der Waals surface area contributed by atoms with E-state index in [1.807, 2.05) is 0 Å². The maximum atomic E-state index is 13.3. The van der Waals surface area contributed by atoms with Gasteiger partial charge in [-0.1, -0.05) is 23.7 Å². The van der Waals surface area contributed by atoms with Crippen LogP contribution >= 0.6 is 11.6 Å². The Hall–Kier alpha value is -2.65. The minimum atomic E-state index is -3.81. The van der Waals surface area contributed by atoms with Crippen molar-refractivity contribution in [1.29, 1.82) is 0 Å². The topological polar surface area (TPSA) is 86.8 Å². The number of nitrogens with one attached hydrogen (secondary N) is 1. The van der Waals surface area contributed by atoms with Crippen molar-refractivity contribution in [2.24, 2.45) is 0 Å². The second kappa shape index (κ2) is 10.8. The molecule has 0 heterocycles. The van der Waals surface area contributed by atoms with Crippen molar-refractivity contribution in [3.63, 3.8) is 0 Å². The lowest BCUT2D eigenvalue weighted by Crippen LogP contribution is -2.52. The molecule has 0 bridgehead atoms. The van der Waals surface area contributed by atoms with Crippen molar-refractivity contribution in [3.8, 4) is 0 Å². The van der Waals surface area contributed by atoms with E-state index < -0.39 is 34.3 Å². The van der Waals surface area contributed by atoms with Crippen LogP contribution in [0.2, 0.25) is 5.02 Å². The minimum absolute atomic E-state index is 0.00398. The molecule has 10 heteroatoms. The summed E-state index contributed by atoms with van der Waals surface area (Å²) >= 11 is 5.89. The third-order valence-electron chi connectivity index (χ3n) is 4.66. The Bertz CT molecular complexity index is 1040. The zero-order chi connectivity index (χ0) is 24.1. The van der Waals surface area contributed by atoms with Crippen LogP contribution < -0.4 is 9.62 Å². The molecule has 2 aromatic rings. The zero-order valence-corrected chi connectivity index (χ0v) is 20.0. The van der Waals surface area contributed by atoms with E-state index in [2.05, 4.69) is 5.32 Å². The van der Waals surface area contributed by atoms with Gasteiger partial charge in [-0.05, 0) is 62.7 Å². The van der Waals surface area contributed by atoms with Gasteiger partial charge in [0.05, 0.1) is 11.9 Å². The van der Waals surface area contributed by atoms with E-state index in [4.69, 9.17) is 11.6 Å². The fourth-order valence-corrected chi connectivity index (χ4v) is 3.97. The molecule has 0 saturated heterocycles. The largest absolute Gasteiger partial charge is 0.352 e. The number of sulfonamides is 1. The number of hydrogen-bond acceptors (Lipinski definition) is 4. The summed E-state index contributed by atoms with van der Waals surface area (Å²) in [6, 6.07) is 10.5. The molecule has 0 aliphatic heterocycles. The van der Waals surface area contributed by atoms with Gasteiger partial charge in [-0.3, -0.25) is 13.9 Å². The molecule has 2 rings (SSSR count). The van der Waals surface area contributed by atoms with Gasteiger partial charge >= 0.3 is 0 Å². The highest BCUT2D eigenvalue weighted by molar-refractivity contribution is 7.92. The van der Waals surface area contributed by atoms with E-state index in [0.717, 1.165) is 10.6 Å². The summed E-state index contributed by atoms with van der Waals surface area (Å²) in [5.74, 6) is -1.39. The number of carbonyl (C=O) groups is 2. The number of rotatable bonds is 9. The number of benzene rings is 2. The quantitative estimate of drug-likeness (QED) is 0.593. The Morgan fingerprint density at radius 1 is 1.03 bits per heavy atom. The van der Waals surface area contributed by atoms with Crippen LogP contribution in [0.15, 0.2) is 48.5 Å². The molecule has 7 nitrogen and oxygen atoms in total. The molecule has 2 aromatic carbocycles. The molecule has 32 heavy (non-hydrogen) atoms. The average molecular weight is 484 g/mol. The minimum Gasteiger partial charge on any atom is -0.352 e. The lowest BCUT2D eigenvalue weighted by atomic mass is 10.1. The number of hydrogen-bond donors (Lipinski definition) is 1. The van der Waals surface area contributed by atoms with Gasteiger partial charge in [-0.15, -0.1) is 0 Å². The standard InChI is InChI=1S/C22H27ClFN3O4S/c1-15(2)25-22(29)16(3)26(13-17-5-9-19(24)10-6-17)21(28)14-27(32(4,30)31)20-11-7-18(23)8-12-20/h5-12,15-16H,13-14H2,1-4H3,(H,25,29). The normalized spacial score (nSPS) is 12.3. The molecule has 0 radical (unpaired) electrons. The number of anilines is 1. The first-order valence-electron chi connectivity index (χ1n) is 9.96. The molecule has 2 amide bonds. The molecule has 1 atom stereocenters. The Morgan fingerprint density at radius 2 is 1.59 bits per heavy atom. The van der Waals surface area contributed by atoms with Gasteiger partial charge in [0.2, 0.25) is 21.8 Å². The highest BCUT2D eigenvalue weighted by atomic mass is 35.5. The van der Waals surface area contributed by atoms with Crippen molar-refractivity contribution >= 4 is 39.1 Å². The molecule has 1 N–H and O–H groups in total. The van der Waals surface area contributed by atoms with Crippen LogP contribution in [0.4, 0.5) is 10.1 Å². The van der Waals surface area contributed by atoms with E-state index in [1.165, 1.54) is 53.4 Å². The Morgan fingerprint density at radius 3 is 2.09 bits per heavy atom. The van der Waals surface area contributed by atoms with Gasteiger partial charge in [0.1, 0.15) is 18.4 Å². The third-order valence-corrected chi connectivity index (χ3v) is 6.05. The first-order valence-corrected chi connectivity index (χ1v) is 12.2. The van der Waals surface area contributed by atoms with Crippen molar-refractivity contribution in [3.05, 3.63) is 64.9 Å². The van der Waals surface area contributed by atoms with Crippen LogP contribution in [0.5, 0.6) is 0 Å². The summed E-state index contributed by atoms with van der Waals surface area (Å²) in [4.78, 5) is 27.2. The third kappa shape index (κ3) is 7.20. The van der Waals surface area contributed by atoms with Gasteiger partial charge < -0.3 is 10.2 Å². The lowest BCUT2D eigenvalue weighted by Gasteiger charge is -2.31. The first-order chi connectivity index (χ1) is 14.9. The maximum absolute atomic E-state index is 13.3. The van der Waals surface area contributed by atoms with E-state index in [9.17, 15) is 22.4 Å². The molecule has 174 valence electrons. The molecule has 0 spiro atoms. The zero-order valence-electron chi connectivity index (χ0n) is 18.4. The van der Waals surface area contributed by atoms with Gasteiger partial charge in [0.25, 0.3) is 0 Å². The SMILES string of the molecule is CC(C)NC(=O)C(C)N(Cc1ccc(F)cc1)C(=O)CN(c1ccc(Cl)cc1)S(C)(=O)=O. The number of carbonyl (C=O) groups excluding carboxylic acids is 2. The molecular formula is C22H27ClFN3O4S. The molecular weight excluding hydrogens is 457 g/mol. The van der Waals surface area contributed by atoms with E-state index in [-0.39, 0.29) is 24.2 Å². The number of nitrogens with zero attached hydrogens (tertiary/aromatic N) is 2. The molecule has 1 unspecified atom stereocenters. The summed E-state index contributed by atoms with van der Waals surface area (Å²) in [6.45, 7) is 4.64. The second-order valence-electron chi connectivity index (χ2n) is 7.73. The van der Waals surface area contributed by atoms with Crippen LogP contribution in [0.25, 0.3) is 0 Å². The smallest absolute Gasteiger partial charge is 0.244 e. The Balaban J connectivity index is 2.36. The Labute approximate surface area is 193 Å². The number of halogens is 2. The van der Waals surface area contributed by atoms with E-state index in [0.29, 0.717) is 10.6 Å². The second-order valence-corrected chi connectivity index (χ2v) is 10.1. The fraction of sp³-hybridized carbons (Fsp3) is 0.364. The molecule has 0 aromatic heterocycles. The van der Waals surface area contributed by atoms with Gasteiger partial charge in [0.15, 0.2) is 0 Å². The molecule has 0 saturated carbocycles. The Kier molecular flexibility index (Phi) is 8.63. The first kappa shape index (κ1) is 25.6. The van der Waals surface area contributed by atoms with Crippen molar-refractivity contribution in [2.45, 2.75) is 39.4 Å².